The van der Waals surface area contributed by atoms with Gasteiger partial charge in [0.1, 0.15) is 0 Å². The molecule has 0 bridgehead atoms. The number of ether oxygens (including phenoxy) is 2. The quantitative estimate of drug-likeness (QED) is 0.690. The van der Waals surface area contributed by atoms with Crippen molar-refractivity contribution in [3.05, 3.63) is 34.9 Å². The van der Waals surface area contributed by atoms with Gasteiger partial charge in [-0.3, -0.25) is 4.90 Å². The first-order valence-corrected chi connectivity index (χ1v) is 7.45. The number of rotatable bonds is 0. The molecule has 1 aromatic carbocycles. The molecule has 3 heterocycles. The van der Waals surface area contributed by atoms with Crippen LogP contribution in [0.5, 0.6) is 11.5 Å². The molecule has 5 nitrogen and oxygen atoms in total. The van der Waals surface area contributed by atoms with Gasteiger partial charge in [0.2, 0.25) is 6.79 Å². The van der Waals surface area contributed by atoms with Gasteiger partial charge in [0.15, 0.2) is 11.5 Å². The summed E-state index contributed by atoms with van der Waals surface area (Å²) in [7, 11) is 0. The van der Waals surface area contributed by atoms with Crippen LogP contribution in [0.15, 0.2) is 23.8 Å². The van der Waals surface area contributed by atoms with E-state index in [0.717, 1.165) is 36.6 Å². The summed E-state index contributed by atoms with van der Waals surface area (Å²) in [6.45, 7) is 2.11. The Kier molecular flexibility index (Phi) is 2.29. The lowest BCUT2D eigenvalue weighted by Gasteiger charge is -2.44. The molecule has 110 valence electrons. The van der Waals surface area contributed by atoms with Crippen LogP contribution in [0.25, 0.3) is 0 Å². The highest BCUT2D eigenvalue weighted by molar-refractivity contribution is 5.53. The molecule has 4 aliphatic rings. The van der Waals surface area contributed by atoms with Crippen LogP contribution in [-0.2, 0) is 6.54 Å². The zero-order chi connectivity index (χ0) is 14.1. The lowest BCUT2D eigenvalue weighted by Crippen LogP contribution is -2.49. The van der Waals surface area contributed by atoms with Gasteiger partial charge < -0.3 is 19.7 Å². The van der Waals surface area contributed by atoms with Crippen LogP contribution >= 0.6 is 0 Å². The Hall–Kier alpha value is -1.56. The van der Waals surface area contributed by atoms with Crippen molar-refractivity contribution < 1.29 is 19.7 Å². The van der Waals surface area contributed by atoms with Crippen LogP contribution in [0.2, 0.25) is 0 Å². The summed E-state index contributed by atoms with van der Waals surface area (Å²) in [5, 5.41) is 20.7. The Morgan fingerprint density at radius 1 is 1.14 bits per heavy atom. The molecule has 1 aromatic rings. The van der Waals surface area contributed by atoms with Crippen molar-refractivity contribution in [1.82, 2.24) is 4.90 Å². The molecule has 0 aromatic heterocycles. The predicted octanol–water partition coefficient (Wildman–Crippen LogP) is 0.749. The summed E-state index contributed by atoms with van der Waals surface area (Å²) in [6, 6.07) is 4.25. The number of hydrogen-bond donors (Lipinski definition) is 2. The van der Waals surface area contributed by atoms with E-state index in [2.05, 4.69) is 4.90 Å². The molecular weight excluding hydrogens is 270 g/mol. The van der Waals surface area contributed by atoms with Gasteiger partial charge in [0, 0.05) is 25.0 Å². The predicted molar refractivity (Wildman–Crippen MR) is 74.2 cm³/mol. The van der Waals surface area contributed by atoms with Crippen LogP contribution in [0.4, 0.5) is 0 Å². The summed E-state index contributed by atoms with van der Waals surface area (Å²) < 4.78 is 10.9. The van der Waals surface area contributed by atoms with Crippen molar-refractivity contribution in [3.63, 3.8) is 0 Å². The van der Waals surface area contributed by atoms with Gasteiger partial charge >= 0.3 is 0 Å². The smallest absolute Gasteiger partial charge is 0.231 e. The molecule has 4 atom stereocenters. The van der Waals surface area contributed by atoms with Gasteiger partial charge in [-0.05, 0) is 29.7 Å². The summed E-state index contributed by atoms with van der Waals surface area (Å²) in [5.74, 6) is 1.45. The fraction of sp³-hybridized carbons (Fsp3) is 0.500. The Morgan fingerprint density at radius 2 is 1.95 bits per heavy atom. The summed E-state index contributed by atoms with van der Waals surface area (Å²) >= 11 is 0. The second-order valence-electron chi connectivity index (χ2n) is 6.32. The van der Waals surface area contributed by atoms with Crippen molar-refractivity contribution in [2.45, 2.75) is 37.1 Å². The fourth-order valence-electron chi connectivity index (χ4n) is 4.35. The van der Waals surface area contributed by atoms with Crippen LogP contribution in [0, 0.1) is 0 Å². The first kappa shape index (κ1) is 12.0. The summed E-state index contributed by atoms with van der Waals surface area (Å²) in [4.78, 5) is 2.40. The molecule has 5 heteroatoms. The van der Waals surface area contributed by atoms with Crippen LogP contribution in [0.3, 0.4) is 0 Å². The van der Waals surface area contributed by atoms with Gasteiger partial charge in [-0.25, -0.2) is 0 Å². The average molecular weight is 287 g/mol. The zero-order valence-corrected chi connectivity index (χ0v) is 11.5. The van der Waals surface area contributed by atoms with Crippen LogP contribution in [0.1, 0.15) is 23.5 Å². The van der Waals surface area contributed by atoms with E-state index in [4.69, 9.17) is 9.47 Å². The molecule has 1 fully saturated rings. The monoisotopic (exact) mass is 287 g/mol. The molecular formula is C16H17NO4. The van der Waals surface area contributed by atoms with Crippen molar-refractivity contribution >= 4 is 0 Å². The van der Waals surface area contributed by atoms with E-state index in [1.807, 2.05) is 18.2 Å². The van der Waals surface area contributed by atoms with E-state index >= 15 is 0 Å². The zero-order valence-electron chi connectivity index (χ0n) is 11.5. The van der Waals surface area contributed by atoms with E-state index in [1.165, 1.54) is 11.1 Å². The number of benzene rings is 1. The lowest BCUT2D eigenvalue weighted by molar-refractivity contribution is -0.00157. The van der Waals surface area contributed by atoms with Gasteiger partial charge in [0.05, 0.1) is 12.2 Å². The van der Waals surface area contributed by atoms with E-state index in [0.29, 0.717) is 0 Å². The third-order valence-electron chi connectivity index (χ3n) is 5.27. The number of aliphatic hydroxyl groups is 2. The van der Waals surface area contributed by atoms with E-state index in [-0.39, 0.29) is 18.8 Å². The normalized spacial score (nSPS) is 36.2. The highest BCUT2D eigenvalue weighted by Crippen LogP contribution is 2.49. The number of aliphatic hydroxyl groups excluding tert-OH is 2. The van der Waals surface area contributed by atoms with Crippen molar-refractivity contribution in [1.29, 1.82) is 0 Å². The standard InChI is InChI=1S/C16H17NO4/c18-11-3-8-1-2-17-6-9-4-12-13(21-7-20-12)5-10(9)14(15(8)17)16(11)19/h3-5,11,14-16,18-19H,1-2,6-7H2/t11-,14+,15+,16+/m1/s1. The molecule has 1 saturated heterocycles. The molecule has 3 aliphatic heterocycles. The minimum absolute atomic E-state index is 0.0826. The van der Waals surface area contributed by atoms with Crippen molar-refractivity contribution in [2.24, 2.45) is 0 Å². The highest BCUT2D eigenvalue weighted by atomic mass is 16.7. The minimum atomic E-state index is -0.780. The van der Waals surface area contributed by atoms with E-state index < -0.39 is 12.2 Å². The lowest BCUT2D eigenvalue weighted by atomic mass is 9.73. The Labute approximate surface area is 122 Å². The Morgan fingerprint density at radius 3 is 2.81 bits per heavy atom. The largest absolute Gasteiger partial charge is 0.454 e. The van der Waals surface area contributed by atoms with Crippen LogP contribution in [-0.4, -0.2) is 46.7 Å². The van der Waals surface area contributed by atoms with Gasteiger partial charge in [-0.1, -0.05) is 11.6 Å². The minimum Gasteiger partial charge on any atom is -0.454 e. The average Bonchev–Trinajstić information content (AvgIpc) is 3.08. The molecule has 5 rings (SSSR count). The molecule has 0 radical (unpaired) electrons. The van der Waals surface area contributed by atoms with Gasteiger partial charge in [-0.15, -0.1) is 0 Å². The second-order valence-corrected chi connectivity index (χ2v) is 6.32. The molecule has 0 amide bonds. The first-order chi connectivity index (χ1) is 10.2. The topological polar surface area (TPSA) is 62.2 Å². The Bertz CT molecular complexity index is 656. The van der Waals surface area contributed by atoms with Gasteiger partial charge in [0.25, 0.3) is 0 Å². The van der Waals surface area contributed by atoms with Crippen LogP contribution < -0.4 is 9.47 Å². The second kappa shape index (κ2) is 4.00. The fourth-order valence-corrected chi connectivity index (χ4v) is 4.35. The number of fused-ring (bicyclic) bond motifs is 3. The Balaban J connectivity index is 1.70. The molecule has 21 heavy (non-hydrogen) atoms. The maximum absolute atomic E-state index is 10.5. The molecule has 0 unspecified atom stereocenters. The third kappa shape index (κ3) is 1.51. The molecule has 2 N–H and O–H groups in total. The maximum Gasteiger partial charge on any atom is 0.231 e. The van der Waals surface area contributed by atoms with Gasteiger partial charge in [-0.2, -0.15) is 0 Å². The van der Waals surface area contributed by atoms with Crippen molar-refractivity contribution in [3.8, 4) is 11.5 Å². The first-order valence-electron chi connectivity index (χ1n) is 7.45. The van der Waals surface area contributed by atoms with E-state index in [9.17, 15) is 10.2 Å². The molecule has 0 spiro atoms. The number of nitrogens with zero attached hydrogens (tertiary/aromatic N) is 1. The van der Waals surface area contributed by atoms with E-state index in [1.54, 1.807) is 0 Å². The maximum atomic E-state index is 10.5. The summed E-state index contributed by atoms with van der Waals surface area (Å²) in [6.07, 6.45) is 1.28. The number of hydrogen-bond acceptors (Lipinski definition) is 5. The molecule has 0 saturated carbocycles. The highest BCUT2D eigenvalue weighted by Gasteiger charge is 2.48. The van der Waals surface area contributed by atoms with Crippen molar-refractivity contribution in [2.75, 3.05) is 13.3 Å². The third-order valence-corrected chi connectivity index (χ3v) is 5.27. The molecule has 1 aliphatic carbocycles. The summed E-state index contributed by atoms with van der Waals surface area (Å²) in [5.41, 5.74) is 3.54. The SMILES string of the molecule is O[C@@H]1[C@H]2c3cc4c(cc3CN3CCC(=C[C@H]1O)[C@@H]23)OCO4.